The smallest absolute Gasteiger partial charge is 0.144 e. The number of rotatable bonds is 7. The minimum atomic E-state index is -0.119. The second-order valence-corrected chi connectivity index (χ2v) is 10.5. The van der Waals surface area contributed by atoms with E-state index >= 15 is 0 Å². The van der Waals surface area contributed by atoms with Gasteiger partial charge in [-0.1, -0.05) is 127 Å². The molecule has 0 bridgehead atoms. The molecule has 0 radical (unpaired) electrons. The maximum absolute atomic E-state index is 13.9. The van der Waals surface area contributed by atoms with Gasteiger partial charge in [0.2, 0.25) is 0 Å². The Hall–Kier alpha value is -3.97. The van der Waals surface area contributed by atoms with E-state index in [9.17, 15) is 4.79 Å². The predicted molar refractivity (Wildman–Crippen MR) is 153 cm³/mol. The van der Waals surface area contributed by atoms with Crippen molar-refractivity contribution in [2.24, 2.45) is 11.8 Å². The van der Waals surface area contributed by atoms with Gasteiger partial charge in [0.05, 0.1) is 0 Å². The number of aryl methyl sites for hydroxylation is 1. The second-order valence-electron chi connectivity index (χ2n) is 10.5. The van der Waals surface area contributed by atoms with E-state index in [2.05, 4.69) is 110 Å². The Bertz CT molecular complexity index is 1450. The van der Waals surface area contributed by atoms with Crippen LogP contribution in [0.4, 0.5) is 0 Å². The molecule has 0 spiro atoms. The molecule has 0 aliphatic heterocycles. The van der Waals surface area contributed by atoms with Gasteiger partial charge in [-0.05, 0) is 58.7 Å². The zero-order valence-corrected chi connectivity index (χ0v) is 21.3. The summed E-state index contributed by atoms with van der Waals surface area (Å²) in [5.74, 6) is 0.555. The van der Waals surface area contributed by atoms with E-state index in [0.717, 1.165) is 18.4 Å². The van der Waals surface area contributed by atoms with Crippen molar-refractivity contribution < 1.29 is 4.79 Å². The maximum Gasteiger partial charge on any atom is 0.144 e. The first-order valence-corrected chi connectivity index (χ1v) is 13.3. The van der Waals surface area contributed by atoms with Crippen LogP contribution in [0.5, 0.6) is 0 Å². The summed E-state index contributed by atoms with van der Waals surface area (Å²) in [4.78, 5) is 13.9. The maximum atomic E-state index is 13.9. The van der Waals surface area contributed by atoms with Crippen LogP contribution in [0.3, 0.4) is 0 Å². The molecule has 0 amide bonds. The summed E-state index contributed by atoms with van der Waals surface area (Å²) in [6, 6.07) is 29.7. The van der Waals surface area contributed by atoms with Crippen LogP contribution in [0.15, 0.2) is 138 Å². The molecule has 0 N–H and O–H groups in total. The van der Waals surface area contributed by atoms with Crippen molar-refractivity contribution in [1.29, 1.82) is 0 Å². The fourth-order valence-corrected chi connectivity index (χ4v) is 6.02. The van der Waals surface area contributed by atoms with Crippen molar-refractivity contribution in [2.45, 2.75) is 32.1 Å². The molecule has 3 aliphatic carbocycles. The van der Waals surface area contributed by atoms with Crippen molar-refractivity contribution in [3.05, 3.63) is 160 Å². The summed E-state index contributed by atoms with van der Waals surface area (Å²) in [5, 5.41) is 0. The summed E-state index contributed by atoms with van der Waals surface area (Å²) in [7, 11) is 0. The third-order valence-electron chi connectivity index (χ3n) is 7.99. The normalized spacial score (nSPS) is 22.5. The molecule has 0 saturated heterocycles. The zero-order chi connectivity index (χ0) is 25.2. The van der Waals surface area contributed by atoms with Crippen LogP contribution in [0.2, 0.25) is 0 Å². The van der Waals surface area contributed by atoms with Gasteiger partial charge < -0.3 is 0 Å². The number of hydrogen-bond donors (Lipinski definition) is 0. The molecule has 182 valence electrons. The van der Waals surface area contributed by atoms with Gasteiger partial charge in [0.15, 0.2) is 0 Å². The van der Waals surface area contributed by atoms with Gasteiger partial charge >= 0.3 is 0 Å². The van der Waals surface area contributed by atoms with Crippen LogP contribution in [-0.2, 0) is 11.2 Å². The number of Topliss-reactive ketones (excluding diaryl/α,β-unsaturated/α-hetero) is 1. The Kier molecular flexibility index (Phi) is 6.45. The van der Waals surface area contributed by atoms with Crippen LogP contribution < -0.4 is 0 Å². The van der Waals surface area contributed by atoms with E-state index in [-0.39, 0.29) is 17.8 Å². The lowest BCUT2D eigenvalue weighted by Crippen LogP contribution is -2.22. The fraction of sp³-hybridized carbons (Fsp3) is 0.194. The topological polar surface area (TPSA) is 17.1 Å². The first kappa shape index (κ1) is 23.4. The van der Waals surface area contributed by atoms with Gasteiger partial charge in [0, 0.05) is 24.2 Å². The first-order valence-electron chi connectivity index (χ1n) is 13.3. The number of benzene rings is 3. The van der Waals surface area contributed by atoms with E-state index in [4.69, 9.17) is 0 Å². The molecule has 1 heteroatoms. The molecule has 3 unspecified atom stereocenters. The van der Waals surface area contributed by atoms with E-state index in [0.29, 0.717) is 12.2 Å². The van der Waals surface area contributed by atoms with Crippen LogP contribution in [0.1, 0.15) is 41.0 Å². The molecule has 0 heterocycles. The lowest BCUT2D eigenvalue weighted by Gasteiger charge is -2.23. The minimum absolute atomic E-state index is 0.119. The number of hydrogen-bond acceptors (Lipinski definition) is 1. The van der Waals surface area contributed by atoms with Gasteiger partial charge in [-0.25, -0.2) is 0 Å². The molecule has 3 aliphatic rings. The van der Waals surface area contributed by atoms with Crippen LogP contribution in [-0.4, -0.2) is 5.78 Å². The van der Waals surface area contributed by atoms with Crippen LogP contribution in [0, 0.1) is 18.8 Å². The largest absolute Gasteiger partial charge is 0.299 e. The van der Waals surface area contributed by atoms with Crippen molar-refractivity contribution in [1.82, 2.24) is 0 Å². The third kappa shape index (κ3) is 4.87. The van der Waals surface area contributed by atoms with Crippen molar-refractivity contribution in [3.8, 4) is 0 Å². The van der Waals surface area contributed by atoms with Crippen LogP contribution >= 0.6 is 0 Å². The monoisotopic (exact) mass is 480 g/mol. The van der Waals surface area contributed by atoms with Gasteiger partial charge in [0.25, 0.3) is 0 Å². The highest BCUT2D eigenvalue weighted by Gasteiger charge is 2.38. The number of carbonyl (C=O) groups excluding carboxylic acids is 1. The third-order valence-corrected chi connectivity index (χ3v) is 7.99. The molecule has 3 atom stereocenters. The molecule has 0 aromatic heterocycles. The fourth-order valence-electron chi connectivity index (χ4n) is 6.02. The SMILES string of the molecule is Cc1ccc(C2=CC(c3ccccc3)C=C2C2CC(C3=CC=CC3)=CC2C(=O)Cc2ccccc2)cc1. The second kappa shape index (κ2) is 10.2. The van der Waals surface area contributed by atoms with Gasteiger partial charge in [-0.15, -0.1) is 0 Å². The minimum Gasteiger partial charge on any atom is -0.299 e. The first-order chi connectivity index (χ1) is 18.2. The molecule has 0 fully saturated rings. The molecule has 3 aromatic rings. The standard InChI is InChI=1S/C36H32O/c1-25-16-18-29(19-17-25)32-21-30(27-12-6-3-7-13-27)22-33(32)34-23-31(28-14-8-9-15-28)24-35(34)36(37)20-26-10-4-2-5-11-26/h2-14,16-19,21-22,24,30,34-35H,15,20,23H2,1H3. The molecule has 1 nitrogen and oxygen atoms in total. The van der Waals surface area contributed by atoms with Gasteiger partial charge in [0.1, 0.15) is 5.78 Å². The van der Waals surface area contributed by atoms with E-state index in [1.807, 2.05) is 18.2 Å². The van der Waals surface area contributed by atoms with Crippen LogP contribution in [0.25, 0.3) is 5.57 Å². The average molecular weight is 481 g/mol. The highest BCUT2D eigenvalue weighted by atomic mass is 16.1. The van der Waals surface area contributed by atoms with Gasteiger partial charge in [-0.3, -0.25) is 4.79 Å². The zero-order valence-electron chi connectivity index (χ0n) is 21.3. The summed E-state index contributed by atoms with van der Waals surface area (Å²) >= 11 is 0. The Labute approximate surface area is 220 Å². The summed E-state index contributed by atoms with van der Waals surface area (Å²) in [6.45, 7) is 2.13. The lowest BCUT2D eigenvalue weighted by molar-refractivity contribution is -0.121. The molecule has 37 heavy (non-hydrogen) atoms. The Morgan fingerprint density at radius 1 is 0.811 bits per heavy atom. The molecule has 3 aromatic carbocycles. The summed E-state index contributed by atoms with van der Waals surface area (Å²) < 4.78 is 0. The Morgan fingerprint density at radius 3 is 2.24 bits per heavy atom. The predicted octanol–water partition coefficient (Wildman–Crippen LogP) is 8.36. The Morgan fingerprint density at radius 2 is 1.54 bits per heavy atom. The van der Waals surface area contributed by atoms with E-state index in [1.54, 1.807) is 0 Å². The van der Waals surface area contributed by atoms with Crippen molar-refractivity contribution >= 4 is 11.4 Å². The molecule has 0 saturated carbocycles. The highest BCUT2D eigenvalue weighted by Crippen LogP contribution is 2.49. The number of allylic oxidation sites excluding steroid dienone is 10. The van der Waals surface area contributed by atoms with Crippen molar-refractivity contribution in [3.63, 3.8) is 0 Å². The molecular formula is C36H32O. The lowest BCUT2D eigenvalue weighted by atomic mass is 9.79. The highest BCUT2D eigenvalue weighted by molar-refractivity contribution is 5.90. The number of carbonyl (C=O) groups is 1. The molecule has 6 rings (SSSR count). The number of ketones is 1. The average Bonchev–Trinajstić information content (AvgIpc) is 3.70. The van der Waals surface area contributed by atoms with Crippen molar-refractivity contribution in [2.75, 3.05) is 0 Å². The summed E-state index contributed by atoms with van der Waals surface area (Å²) in [5.41, 5.74) is 10.2. The Balaban J connectivity index is 1.39. The van der Waals surface area contributed by atoms with E-state index in [1.165, 1.54) is 39.0 Å². The quantitative estimate of drug-likeness (QED) is 0.332. The van der Waals surface area contributed by atoms with Gasteiger partial charge in [-0.2, -0.15) is 0 Å². The summed E-state index contributed by atoms with van der Waals surface area (Å²) in [6.07, 6.45) is 16.0. The van der Waals surface area contributed by atoms with E-state index < -0.39 is 0 Å². The molecular weight excluding hydrogens is 448 g/mol.